The van der Waals surface area contributed by atoms with E-state index < -0.39 is 29.2 Å². The monoisotopic (exact) mass is 519 g/mol. The Labute approximate surface area is 211 Å². The Morgan fingerprint density at radius 1 is 1.11 bits per heavy atom. The van der Waals surface area contributed by atoms with Gasteiger partial charge < -0.3 is 15.3 Å². The lowest BCUT2D eigenvalue weighted by molar-refractivity contribution is -0.141. The summed E-state index contributed by atoms with van der Waals surface area (Å²) < 4.78 is 27.3. The molecule has 1 heterocycles. The zero-order valence-electron chi connectivity index (χ0n) is 20.3. The minimum Gasteiger partial charge on any atom is -0.488 e. The van der Waals surface area contributed by atoms with E-state index in [-0.39, 0.29) is 36.1 Å². The minimum atomic E-state index is -0.900. The minimum absolute atomic E-state index is 0.0334. The number of nitrogens with two attached hydrogens (primary N) is 1. The van der Waals surface area contributed by atoms with Crippen LogP contribution in [0.4, 0.5) is 10.1 Å². The van der Waals surface area contributed by atoms with Crippen molar-refractivity contribution in [1.29, 1.82) is 0 Å². The molecule has 1 atom stereocenters. The van der Waals surface area contributed by atoms with Gasteiger partial charge in [0.05, 0.1) is 37.9 Å². The molecule has 1 aromatic heterocycles. The first-order valence-corrected chi connectivity index (χ1v) is 11.4. The van der Waals surface area contributed by atoms with Crippen molar-refractivity contribution >= 4 is 23.3 Å². The van der Waals surface area contributed by atoms with Gasteiger partial charge in [-0.2, -0.15) is 4.68 Å². The summed E-state index contributed by atoms with van der Waals surface area (Å²) >= 11 is 5.97. The number of benzene rings is 2. The first-order chi connectivity index (χ1) is 17.0. The summed E-state index contributed by atoms with van der Waals surface area (Å²) in [5, 5.41) is 0.501. The van der Waals surface area contributed by atoms with Crippen LogP contribution in [0.3, 0.4) is 0 Å². The molecule has 0 aliphatic rings. The molecule has 0 aliphatic carbocycles. The van der Waals surface area contributed by atoms with Gasteiger partial charge in [-0.15, -0.1) is 0 Å². The van der Waals surface area contributed by atoms with Crippen molar-refractivity contribution in [3.63, 3.8) is 0 Å². The molecule has 0 fully saturated rings. The Morgan fingerprint density at radius 2 is 1.78 bits per heavy atom. The van der Waals surface area contributed by atoms with Gasteiger partial charge in [0.2, 0.25) is 5.62 Å². The Morgan fingerprint density at radius 3 is 2.36 bits per heavy atom. The Hall–Kier alpha value is -3.86. The summed E-state index contributed by atoms with van der Waals surface area (Å²) in [5.41, 5.74) is -1.12. The number of nitrogen functional groups attached to an aromatic ring is 1. The van der Waals surface area contributed by atoms with Crippen LogP contribution in [-0.4, -0.2) is 33.0 Å². The molecule has 2 aromatic carbocycles. The second-order valence-corrected chi connectivity index (χ2v) is 8.78. The molecule has 0 radical (unpaired) electrons. The third kappa shape index (κ3) is 6.03. The van der Waals surface area contributed by atoms with Crippen LogP contribution in [0.2, 0.25) is 5.02 Å². The number of methoxy groups -OCH3 is 1. The summed E-state index contributed by atoms with van der Waals surface area (Å²) in [6.45, 7) is 5.02. The fourth-order valence-corrected chi connectivity index (χ4v) is 3.60. The van der Waals surface area contributed by atoms with Crippen LogP contribution >= 0.6 is 11.6 Å². The first-order valence-electron chi connectivity index (χ1n) is 11.1. The Bertz CT molecular complexity index is 1440. The topological polar surface area (TPSA) is 123 Å². The lowest BCUT2D eigenvalue weighted by atomic mass is 10.2. The van der Waals surface area contributed by atoms with Gasteiger partial charge >= 0.3 is 17.3 Å². The van der Waals surface area contributed by atoms with Crippen LogP contribution in [0.5, 0.6) is 5.75 Å². The molecule has 0 saturated carbocycles. The SMILES string of the molecule is COC(=O)C[C@H](C)n1c(=O)n(N)/c(=N\c2ccc(OC(C)C)c(F)c2)n(Cc2ccc(Cl)cc2)c1=O. The highest BCUT2D eigenvalue weighted by Gasteiger charge is 2.20. The van der Waals surface area contributed by atoms with Crippen molar-refractivity contribution in [2.24, 2.45) is 4.99 Å². The van der Waals surface area contributed by atoms with E-state index in [1.165, 1.54) is 26.2 Å². The fourth-order valence-electron chi connectivity index (χ4n) is 3.47. The van der Waals surface area contributed by atoms with Gasteiger partial charge in [-0.05, 0) is 50.6 Å². The summed E-state index contributed by atoms with van der Waals surface area (Å²) in [7, 11) is 1.21. The van der Waals surface area contributed by atoms with E-state index in [9.17, 15) is 18.8 Å². The van der Waals surface area contributed by atoms with E-state index in [2.05, 4.69) is 9.73 Å². The standard InChI is InChI=1S/C24H27ClFN5O5/c1-14(2)36-20-10-9-18(12-19(20)26)28-22-29(13-16-5-7-17(25)8-6-16)23(33)30(24(34)31(22)27)15(3)11-21(32)35-4/h5-10,12,14-15H,11,13,27H2,1-4H3/b28-22-/t15-/m0/s1. The van der Waals surface area contributed by atoms with Gasteiger partial charge in [0.15, 0.2) is 11.6 Å². The molecular weight excluding hydrogens is 493 g/mol. The molecule has 0 amide bonds. The van der Waals surface area contributed by atoms with Gasteiger partial charge in [0.25, 0.3) is 0 Å². The maximum atomic E-state index is 14.6. The number of halogens is 2. The van der Waals surface area contributed by atoms with Crippen molar-refractivity contribution in [2.45, 2.75) is 45.9 Å². The first kappa shape index (κ1) is 26.7. The highest BCUT2D eigenvalue weighted by atomic mass is 35.5. The number of ether oxygens (including phenoxy) is 2. The number of nitrogens with zero attached hydrogens (tertiary/aromatic N) is 4. The molecule has 12 heteroatoms. The van der Waals surface area contributed by atoms with Crippen molar-refractivity contribution in [3.8, 4) is 5.75 Å². The highest BCUT2D eigenvalue weighted by Crippen LogP contribution is 2.23. The Balaban J connectivity index is 2.24. The largest absolute Gasteiger partial charge is 0.488 e. The quantitative estimate of drug-likeness (QED) is 0.360. The van der Waals surface area contributed by atoms with Gasteiger partial charge in [0, 0.05) is 11.1 Å². The normalized spacial score (nSPS) is 12.6. The average Bonchev–Trinajstić information content (AvgIpc) is 2.82. The van der Waals surface area contributed by atoms with E-state index in [1.807, 2.05) is 0 Å². The van der Waals surface area contributed by atoms with Crippen molar-refractivity contribution in [3.05, 3.63) is 85.5 Å². The van der Waals surface area contributed by atoms with E-state index in [1.54, 1.807) is 38.1 Å². The zero-order valence-corrected chi connectivity index (χ0v) is 21.0. The van der Waals surface area contributed by atoms with Gasteiger partial charge in [0.1, 0.15) is 0 Å². The third-order valence-electron chi connectivity index (χ3n) is 5.20. The number of rotatable bonds is 8. The molecule has 36 heavy (non-hydrogen) atoms. The maximum absolute atomic E-state index is 14.6. The van der Waals surface area contributed by atoms with Crippen LogP contribution in [-0.2, 0) is 16.1 Å². The van der Waals surface area contributed by atoms with Crippen LogP contribution in [0.25, 0.3) is 0 Å². The summed E-state index contributed by atoms with van der Waals surface area (Å²) in [6, 6.07) is 9.82. The van der Waals surface area contributed by atoms with Crippen LogP contribution in [0, 0.1) is 5.82 Å². The molecule has 2 N–H and O–H groups in total. The second-order valence-electron chi connectivity index (χ2n) is 8.34. The molecule has 192 valence electrons. The van der Waals surface area contributed by atoms with E-state index in [4.69, 9.17) is 22.2 Å². The molecule has 0 aliphatic heterocycles. The zero-order chi connectivity index (χ0) is 26.6. The number of hydrogen-bond donors (Lipinski definition) is 1. The summed E-state index contributed by atoms with van der Waals surface area (Å²) in [4.78, 5) is 42.7. The number of aromatic nitrogens is 3. The molecule has 0 unspecified atom stereocenters. The number of carbonyl (C=O) groups excluding carboxylic acids is 1. The van der Waals surface area contributed by atoms with Gasteiger partial charge in [-0.3, -0.25) is 9.36 Å². The lowest BCUT2D eigenvalue weighted by Gasteiger charge is -2.18. The molecule has 0 bridgehead atoms. The Kier molecular flexibility index (Phi) is 8.36. The van der Waals surface area contributed by atoms with Crippen molar-refractivity contribution in [2.75, 3.05) is 13.0 Å². The molecule has 3 rings (SSSR count). The van der Waals surface area contributed by atoms with Crippen molar-refractivity contribution < 1.29 is 18.7 Å². The number of hydrogen-bond acceptors (Lipinski definition) is 7. The second kappa shape index (κ2) is 11.3. The van der Waals surface area contributed by atoms with Crippen LogP contribution in [0.1, 0.15) is 38.8 Å². The predicted octanol–water partition coefficient (Wildman–Crippen LogP) is 2.51. The molecule has 3 aromatic rings. The van der Waals surface area contributed by atoms with Crippen LogP contribution in [0.15, 0.2) is 57.0 Å². The highest BCUT2D eigenvalue weighted by molar-refractivity contribution is 6.30. The van der Waals surface area contributed by atoms with Gasteiger partial charge in [-0.25, -0.2) is 23.5 Å². The maximum Gasteiger partial charge on any atom is 0.354 e. The molecule has 0 saturated heterocycles. The van der Waals surface area contributed by atoms with E-state index in [0.29, 0.717) is 15.3 Å². The van der Waals surface area contributed by atoms with Crippen LogP contribution < -0.4 is 27.6 Å². The van der Waals surface area contributed by atoms with E-state index >= 15 is 0 Å². The predicted molar refractivity (Wildman–Crippen MR) is 132 cm³/mol. The summed E-state index contributed by atoms with van der Waals surface area (Å²) in [6.07, 6.45) is -0.469. The third-order valence-corrected chi connectivity index (χ3v) is 5.45. The van der Waals surface area contributed by atoms with Crippen molar-refractivity contribution in [1.82, 2.24) is 13.8 Å². The number of esters is 1. The fraction of sp³-hybridized carbons (Fsp3) is 0.333. The number of carbonyl (C=O) groups is 1. The smallest absolute Gasteiger partial charge is 0.354 e. The van der Waals surface area contributed by atoms with E-state index in [0.717, 1.165) is 15.2 Å². The van der Waals surface area contributed by atoms with Gasteiger partial charge in [-0.1, -0.05) is 23.7 Å². The lowest BCUT2D eigenvalue weighted by Crippen LogP contribution is -2.58. The summed E-state index contributed by atoms with van der Waals surface area (Å²) in [5.74, 6) is 4.86. The molecule has 0 spiro atoms. The molecule has 10 nitrogen and oxygen atoms in total. The molecular formula is C24H27ClFN5O5. The average molecular weight is 520 g/mol.